The van der Waals surface area contributed by atoms with Crippen molar-refractivity contribution < 1.29 is 14.8 Å². The van der Waals surface area contributed by atoms with E-state index in [-0.39, 0.29) is 11.9 Å². The van der Waals surface area contributed by atoms with E-state index in [4.69, 9.17) is 5.21 Å². The molecule has 0 bridgehead atoms. The van der Waals surface area contributed by atoms with Gasteiger partial charge in [-0.25, -0.2) is 5.48 Å². The molecule has 0 radical (unpaired) electrons. The molecule has 0 saturated heterocycles. The van der Waals surface area contributed by atoms with Gasteiger partial charge in [-0.2, -0.15) is 0 Å². The molecule has 0 spiro atoms. The number of hydrogen-bond donors (Lipinski definition) is 3. The van der Waals surface area contributed by atoms with Crippen LogP contribution in [0.3, 0.4) is 0 Å². The van der Waals surface area contributed by atoms with Gasteiger partial charge in [-0.3, -0.25) is 14.8 Å². The molecule has 3 aromatic carbocycles. The second kappa shape index (κ2) is 8.85. The van der Waals surface area contributed by atoms with Crippen molar-refractivity contribution in [2.24, 2.45) is 0 Å². The predicted octanol–water partition coefficient (Wildman–Crippen LogP) is 4.30. The van der Waals surface area contributed by atoms with E-state index in [1.54, 1.807) is 17.6 Å². The number of para-hydroxylation sites is 1. The van der Waals surface area contributed by atoms with E-state index in [9.17, 15) is 9.59 Å². The number of amides is 2. The Morgan fingerprint density at radius 1 is 0.903 bits per heavy atom. The lowest BCUT2D eigenvalue weighted by Gasteiger charge is -2.13. The Morgan fingerprint density at radius 2 is 1.58 bits per heavy atom. The molecule has 1 aromatic heterocycles. The third kappa shape index (κ3) is 4.34. The summed E-state index contributed by atoms with van der Waals surface area (Å²) in [6, 6.07) is 24.5. The van der Waals surface area contributed by atoms with E-state index in [0.29, 0.717) is 17.7 Å². The van der Waals surface area contributed by atoms with Crippen molar-refractivity contribution >= 4 is 22.7 Å². The Bertz CT molecular complexity index is 1210. The molecule has 0 aliphatic carbocycles. The maximum atomic E-state index is 13.1. The molecule has 1 heterocycles. The highest BCUT2D eigenvalue weighted by molar-refractivity contribution is 6.07. The summed E-state index contributed by atoms with van der Waals surface area (Å²) in [5.41, 5.74) is 5.60. The summed E-state index contributed by atoms with van der Waals surface area (Å²) < 4.78 is 2.03. The first-order valence-electron chi connectivity index (χ1n) is 10.0. The van der Waals surface area contributed by atoms with Crippen LogP contribution in [-0.4, -0.2) is 21.6 Å². The number of rotatable bonds is 6. The Balaban J connectivity index is 1.60. The summed E-state index contributed by atoms with van der Waals surface area (Å²) in [4.78, 5) is 24.6. The zero-order valence-corrected chi connectivity index (χ0v) is 17.1. The second-order valence-electron chi connectivity index (χ2n) is 7.43. The van der Waals surface area contributed by atoms with Crippen LogP contribution in [0.4, 0.5) is 0 Å². The number of hydroxylamine groups is 1. The monoisotopic (exact) mass is 413 g/mol. The lowest BCUT2D eigenvalue weighted by atomic mass is 10.1. The van der Waals surface area contributed by atoms with Crippen molar-refractivity contribution in [3.8, 4) is 0 Å². The van der Waals surface area contributed by atoms with Crippen molar-refractivity contribution in [2.45, 2.75) is 19.5 Å². The van der Waals surface area contributed by atoms with Crippen molar-refractivity contribution in [3.05, 3.63) is 107 Å². The molecule has 31 heavy (non-hydrogen) atoms. The molecule has 1 unspecified atom stereocenters. The normalized spacial score (nSPS) is 11.8. The van der Waals surface area contributed by atoms with Crippen molar-refractivity contribution in [1.82, 2.24) is 15.4 Å². The summed E-state index contributed by atoms with van der Waals surface area (Å²) in [7, 11) is 0. The van der Waals surface area contributed by atoms with Gasteiger partial charge in [0.2, 0.25) is 0 Å². The zero-order valence-electron chi connectivity index (χ0n) is 17.1. The number of fused-ring (bicyclic) bond motifs is 1. The Kier molecular flexibility index (Phi) is 5.82. The van der Waals surface area contributed by atoms with Crippen LogP contribution >= 0.6 is 0 Å². The average Bonchev–Trinajstić information content (AvgIpc) is 3.18. The first kappa shape index (κ1) is 20.4. The molecule has 4 rings (SSSR count). The molecule has 0 aliphatic rings. The van der Waals surface area contributed by atoms with E-state index in [1.807, 2.05) is 84.4 Å². The van der Waals surface area contributed by atoms with Gasteiger partial charge in [0.25, 0.3) is 11.8 Å². The maximum Gasteiger partial charge on any atom is 0.274 e. The number of nitrogens with one attached hydrogen (secondary N) is 2. The molecule has 3 N–H and O–H groups in total. The third-order valence-corrected chi connectivity index (χ3v) is 5.35. The van der Waals surface area contributed by atoms with Gasteiger partial charge in [-0.15, -0.1) is 0 Å². The minimum Gasteiger partial charge on any atom is -0.345 e. The van der Waals surface area contributed by atoms with Crippen molar-refractivity contribution in [3.63, 3.8) is 0 Å². The minimum atomic E-state index is -0.551. The highest BCUT2D eigenvalue weighted by Crippen LogP contribution is 2.24. The quantitative estimate of drug-likeness (QED) is 0.326. The molecule has 0 fully saturated rings. The first-order chi connectivity index (χ1) is 15.1. The molecule has 4 aromatic rings. The van der Waals surface area contributed by atoms with Gasteiger partial charge in [-0.1, -0.05) is 60.7 Å². The number of carbonyl (C=O) groups excluding carboxylic acids is 2. The summed E-state index contributed by atoms with van der Waals surface area (Å²) in [5.74, 6) is -0.675. The van der Waals surface area contributed by atoms with E-state index in [1.165, 1.54) is 0 Å². The highest BCUT2D eigenvalue weighted by Gasteiger charge is 2.17. The van der Waals surface area contributed by atoms with Gasteiger partial charge in [0.05, 0.1) is 11.6 Å². The van der Waals surface area contributed by atoms with Crippen LogP contribution in [0, 0.1) is 0 Å². The van der Waals surface area contributed by atoms with Crippen LogP contribution in [0.1, 0.15) is 44.8 Å². The fourth-order valence-electron chi connectivity index (χ4n) is 3.68. The largest absolute Gasteiger partial charge is 0.345 e. The van der Waals surface area contributed by atoms with Crippen LogP contribution in [0.2, 0.25) is 0 Å². The highest BCUT2D eigenvalue weighted by atomic mass is 16.5. The molecule has 6 nitrogen and oxygen atoms in total. The van der Waals surface area contributed by atoms with Crippen LogP contribution in [0.5, 0.6) is 0 Å². The van der Waals surface area contributed by atoms with Gasteiger partial charge in [-0.05, 0) is 36.2 Å². The van der Waals surface area contributed by atoms with Crippen molar-refractivity contribution in [2.75, 3.05) is 0 Å². The number of benzene rings is 3. The maximum absolute atomic E-state index is 13.1. The number of hydrogen-bond acceptors (Lipinski definition) is 3. The number of nitrogens with zero attached hydrogens (tertiary/aromatic N) is 1. The summed E-state index contributed by atoms with van der Waals surface area (Å²) >= 11 is 0. The van der Waals surface area contributed by atoms with Gasteiger partial charge in [0, 0.05) is 29.2 Å². The SMILES string of the molecule is CC(NC(=O)c1cn(Cc2ccc(C(=O)NO)cc2)c2ccccc12)c1ccccc1. The Morgan fingerprint density at radius 3 is 2.29 bits per heavy atom. The summed E-state index contributed by atoms with van der Waals surface area (Å²) in [5, 5.41) is 12.7. The minimum absolute atomic E-state index is 0.110. The standard InChI is InChI=1S/C25H23N3O3/c1-17(19-7-3-2-4-8-19)26-25(30)22-16-28(23-10-6-5-9-21(22)23)15-18-11-13-20(14-12-18)24(29)27-31/h2-14,16-17,31H,15H2,1H3,(H,26,30)(H,27,29). The van der Waals surface area contributed by atoms with E-state index in [2.05, 4.69) is 5.32 Å². The fourth-order valence-corrected chi connectivity index (χ4v) is 3.68. The van der Waals surface area contributed by atoms with E-state index in [0.717, 1.165) is 22.0 Å². The van der Waals surface area contributed by atoms with Crippen LogP contribution in [-0.2, 0) is 6.54 Å². The smallest absolute Gasteiger partial charge is 0.274 e. The topological polar surface area (TPSA) is 83.4 Å². The predicted molar refractivity (Wildman–Crippen MR) is 119 cm³/mol. The molecule has 6 heteroatoms. The molecule has 1 atom stereocenters. The average molecular weight is 413 g/mol. The van der Waals surface area contributed by atoms with Gasteiger partial charge < -0.3 is 9.88 Å². The third-order valence-electron chi connectivity index (χ3n) is 5.35. The lowest BCUT2D eigenvalue weighted by molar-refractivity contribution is 0.0706. The number of carbonyl (C=O) groups is 2. The van der Waals surface area contributed by atoms with Crippen LogP contribution in [0.15, 0.2) is 85.1 Å². The number of aromatic nitrogens is 1. The first-order valence-corrected chi connectivity index (χ1v) is 10.0. The molecular weight excluding hydrogens is 390 g/mol. The Hall–Kier alpha value is -3.90. The van der Waals surface area contributed by atoms with Crippen LogP contribution < -0.4 is 10.8 Å². The van der Waals surface area contributed by atoms with Crippen molar-refractivity contribution in [1.29, 1.82) is 0 Å². The lowest BCUT2D eigenvalue weighted by Crippen LogP contribution is -2.26. The summed E-state index contributed by atoms with van der Waals surface area (Å²) in [6.45, 7) is 2.51. The molecule has 0 aliphatic heterocycles. The van der Waals surface area contributed by atoms with E-state index >= 15 is 0 Å². The second-order valence-corrected chi connectivity index (χ2v) is 7.43. The molecule has 156 valence electrons. The van der Waals surface area contributed by atoms with Gasteiger partial charge >= 0.3 is 0 Å². The van der Waals surface area contributed by atoms with Crippen LogP contribution in [0.25, 0.3) is 10.9 Å². The van der Waals surface area contributed by atoms with E-state index < -0.39 is 5.91 Å². The molecule has 0 saturated carbocycles. The van der Waals surface area contributed by atoms with Gasteiger partial charge in [0.15, 0.2) is 0 Å². The molecule has 2 amide bonds. The fraction of sp³-hybridized carbons (Fsp3) is 0.120. The van der Waals surface area contributed by atoms with Gasteiger partial charge in [0.1, 0.15) is 0 Å². The molecular formula is C25H23N3O3. The Labute approximate surface area is 180 Å². The summed E-state index contributed by atoms with van der Waals surface area (Å²) in [6.07, 6.45) is 1.87. The zero-order chi connectivity index (χ0) is 21.8.